The molecule has 172 valence electrons. The number of anilines is 2. The summed E-state index contributed by atoms with van der Waals surface area (Å²) in [7, 11) is 1.53. The molecule has 1 aliphatic rings. The minimum Gasteiger partial charge on any atom is -0.507 e. The molecule has 0 radical (unpaired) electrons. The van der Waals surface area contributed by atoms with Crippen LogP contribution in [0.5, 0.6) is 5.75 Å². The van der Waals surface area contributed by atoms with E-state index in [9.17, 15) is 19.5 Å². The average Bonchev–Trinajstić information content (AvgIpc) is 3.10. The number of benzene rings is 3. The quantitative estimate of drug-likeness (QED) is 0.279. The number of carbonyl (C=O) groups is 3. The molecule has 1 atom stereocenters. The lowest BCUT2D eigenvalue weighted by Gasteiger charge is -2.26. The molecule has 1 unspecified atom stereocenters. The van der Waals surface area contributed by atoms with Crippen molar-refractivity contribution in [3.63, 3.8) is 0 Å². The third kappa shape index (κ3) is 4.45. The number of amides is 2. The van der Waals surface area contributed by atoms with Crippen LogP contribution in [0.3, 0.4) is 0 Å². The number of nitrogens with zero attached hydrogens (tertiary/aromatic N) is 1. The number of methoxy groups -OCH3 is 1. The molecule has 7 nitrogen and oxygen atoms in total. The predicted molar refractivity (Wildman–Crippen MR) is 133 cm³/mol. The van der Waals surface area contributed by atoms with Crippen LogP contribution >= 0.6 is 15.9 Å². The lowest BCUT2D eigenvalue weighted by atomic mass is 9.95. The summed E-state index contributed by atoms with van der Waals surface area (Å²) >= 11 is 3.36. The Morgan fingerprint density at radius 3 is 2.32 bits per heavy atom. The van der Waals surface area contributed by atoms with Gasteiger partial charge in [0.05, 0.1) is 18.7 Å². The molecule has 8 heteroatoms. The van der Waals surface area contributed by atoms with Gasteiger partial charge in [0, 0.05) is 28.3 Å². The average molecular weight is 521 g/mol. The van der Waals surface area contributed by atoms with Crippen molar-refractivity contribution < 1.29 is 24.2 Å². The van der Waals surface area contributed by atoms with Gasteiger partial charge in [-0.15, -0.1) is 0 Å². The van der Waals surface area contributed by atoms with E-state index < -0.39 is 17.7 Å². The van der Waals surface area contributed by atoms with Gasteiger partial charge in [-0.3, -0.25) is 19.3 Å². The van der Waals surface area contributed by atoms with Gasteiger partial charge in [-0.05, 0) is 54.1 Å². The zero-order valence-electron chi connectivity index (χ0n) is 18.4. The highest BCUT2D eigenvalue weighted by Crippen LogP contribution is 2.43. The smallest absolute Gasteiger partial charge is 0.300 e. The minimum absolute atomic E-state index is 0.0217. The monoisotopic (exact) mass is 520 g/mol. The number of Topliss-reactive ketones (excluding diaryl/α,β-unsaturated/α-hetero) is 1. The van der Waals surface area contributed by atoms with Gasteiger partial charge < -0.3 is 15.2 Å². The van der Waals surface area contributed by atoms with E-state index in [0.717, 1.165) is 4.47 Å². The Hall–Kier alpha value is -3.91. The molecule has 0 saturated carbocycles. The number of ether oxygens (including phenoxy) is 1. The van der Waals surface area contributed by atoms with Crippen LogP contribution in [0, 0.1) is 0 Å². The lowest BCUT2D eigenvalue weighted by Crippen LogP contribution is -2.29. The largest absolute Gasteiger partial charge is 0.507 e. The van der Waals surface area contributed by atoms with Crippen molar-refractivity contribution in [1.29, 1.82) is 0 Å². The zero-order chi connectivity index (χ0) is 24.4. The molecule has 1 aliphatic heterocycles. The van der Waals surface area contributed by atoms with Crippen molar-refractivity contribution in [1.82, 2.24) is 0 Å². The molecule has 0 aromatic heterocycles. The number of nitrogens with one attached hydrogen (secondary N) is 1. The van der Waals surface area contributed by atoms with E-state index in [-0.39, 0.29) is 17.2 Å². The Labute approximate surface area is 204 Å². The van der Waals surface area contributed by atoms with Crippen molar-refractivity contribution in [3.05, 3.63) is 94.0 Å². The van der Waals surface area contributed by atoms with Gasteiger partial charge in [0.1, 0.15) is 11.5 Å². The van der Waals surface area contributed by atoms with Gasteiger partial charge in [-0.25, -0.2) is 0 Å². The Kier molecular flexibility index (Phi) is 6.51. The highest BCUT2D eigenvalue weighted by Gasteiger charge is 2.47. The maximum absolute atomic E-state index is 13.2. The molecular formula is C26H21BrN2O5. The summed E-state index contributed by atoms with van der Waals surface area (Å²) in [5.41, 5.74) is 1.99. The molecule has 3 aromatic carbocycles. The van der Waals surface area contributed by atoms with Crippen molar-refractivity contribution in [3.8, 4) is 5.75 Å². The van der Waals surface area contributed by atoms with Crippen LogP contribution in [0.25, 0.3) is 5.76 Å². The van der Waals surface area contributed by atoms with Crippen LogP contribution < -0.4 is 15.0 Å². The fourth-order valence-corrected chi connectivity index (χ4v) is 4.16. The molecule has 0 bridgehead atoms. The van der Waals surface area contributed by atoms with Crippen LogP contribution in [-0.4, -0.2) is 29.8 Å². The third-order valence-electron chi connectivity index (χ3n) is 5.44. The fraction of sp³-hybridized carbons (Fsp3) is 0.115. The van der Waals surface area contributed by atoms with E-state index in [4.69, 9.17) is 4.74 Å². The highest BCUT2D eigenvalue weighted by atomic mass is 79.9. The standard InChI is InChI=1S/C26H21BrN2O5/c1-15(30)28-19-10-12-20(13-11-19)29-23(17-4-3-5-21(14-17)34-2)22(25(32)26(29)33)24(31)16-6-8-18(27)9-7-16/h3-14,23,31H,1-2H3,(H,28,30)/b24-22-. The number of ketones is 1. The predicted octanol–water partition coefficient (Wildman–Crippen LogP) is 5.04. The summed E-state index contributed by atoms with van der Waals surface area (Å²) in [6, 6.07) is 19.5. The number of aliphatic hydroxyl groups is 1. The van der Waals surface area contributed by atoms with Crippen molar-refractivity contribution in [2.45, 2.75) is 13.0 Å². The summed E-state index contributed by atoms with van der Waals surface area (Å²) in [5, 5.41) is 13.8. The van der Waals surface area contributed by atoms with Gasteiger partial charge in [-0.2, -0.15) is 0 Å². The summed E-state index contributed by atoms with van der Waals surface area (Å²) in [6.45, 7) is 1.40. The van der Waals surface area contributed by atoms with Crippen LogP contribution in [0.2, 0.25) is 0 Å². The number of rotatable bonds is 5. The molecule has 2 amide bonds. The van der Waals surface area contributed by atoms with Crippen molar-refractivity contribution >= 4 is 50.7 Å². The fourth-order valence-electron chi connectivity index (χ4n) is 3.90. The molecule has 1 heterocycles. The summed E-state index contributed by atoms with van der Waals surface area (Å²) in [5.74, 6) is -1.50. The first-order chi connectivity index (χ1) is 16.3. The molecule has 2 N–H and O–H groups in total. The van der Waals surface area contributed by atoms with E-state index in [1.165, 1.54) is 18.9 Å². The van der Waals surface area contributed by atoms with Gasteiger partial charge >= 0.3 is 0 Å². The molecule has 34 heavy (non-hydrogen) atoms. The number of carbonyl (C=O) groups excluding carboxylic acids is 3. The number of halogens is 1. The van der Waals surface area contributed by atoms with E-state index in [0.29, 0.717) is 28.3 Å². The number of hydrogen-bond donors (Lipinski definition) is 2. The Morgan fingerprint density at radius 2 is 1.71 bits per heavy atom. The van der Waals surface area contributed by atoms with Crippen molar-refractivity contribution in [2.75, 3.05) is 17.3 Å². The Balaban J connectivity index is 1.88. The highest BCUT2D eigenvalue weighted by molar-refractivity contribution is 9.10. The first-order valence-electron chi connectivity index (χ1n) is 10.4. The minimum atomic E-state index is -0.884. The molecule has 1 saturated heterocycles. The topological polar surface area (TPSA) is 95.9 Å². The second-order valence-electron chi connectivity index (χ2n) is 7.68. The van der Waals surface area contributed by atoms with Crippen LogP contribution in [0.1, 0.15) is 24.1 Å². The van der Waals surface area contributed by atoms with Gasteiger partial charge in [-0.1, -0.05) is 40.2 Å². The van der Waals surface area contributed by atoms with E-state index in [2.05, 4.69) is 21.2 Å². The summed E-state index contributed by atoms with van der Waals surface area (Å²) in [4.78, 5) is 39.1. The second-order valence-corrected chi connectivity index (χ2v) is 8.60. The molecular weight excluding hydrogens is 500 g/mol. The number of hydrogen-bond acceptors (Lipinski definition) is 5. The number of aliphatic hydroxyl groups excluding tert-OH is 1. The first-order valence-corrected chi connectivity index (χ1v) is 11.2. The molecule has 3 aromatic rings. The second kappa shape index (κ2) is 9.52. The summed E-state index contributed by atoms with van der Waals surface area (Å²) in [6.07, 6.45) is 0. The zero-order valence-corrected chi connectivity index (χ0v) is 20.0. The molecule has 0 spiro atoms. The van der Waals surface area contributed by atoms with Crippen LogP contribution in [-0.2, 0) is 14.4 Å². The molecule has 0 aliphatic carbocycles. The molecule has 4 rings (SSSR count). The maximum Gasteiger partial charge on any atom is 0.300 e. The lowest BCUT2D eigenvalue weighted by molar-refractivity contribution is -0.132. The van der Waals surface area contributed by atoms with E-state index in [1.807, 2.05) is 0 Å². The Morgan fingerprint density at radius 1 is 1.03 bits per heavy atom. The Bertz CT molecular complexity index is 1300. The van der Waals surface area contributed by atoms with Gasteiger partial charge in [0.25, 0.3) is 11.7 Å². The van der Waals surface area contributed by atoms with E-state index >= 15 is 0 Å². The first kappa shape index (κ1) is 23.3. The third-order valence-corrected chi connectivity index (χ3v) is 5.97. The molecule has 1 fully saturated rings. The summed E-state index contributed by atoms with van der Waals surface area (Å²) < 4.78 is 6.16. The maximum atomic E-state index is 13.2. The van der Waals surface area contributed by atoms with Gasteiger partial charge in [0.15, 0.2) is 0 Å². The van der Waals surface area contributed by atoms with Crippen LogP contribution in [0.15, 0.2) is 82.8 Å². The van der Waals surface area contributed by atoms with Crippen LogP contribution in [0.4, 0.5) is 11.4 Å². The normalized spacial score (nSPS) is 17.0. The van der Waals surface area contributed by atoms with Crippen molar-refractivity contribution in [2.24, 2.45) is 0 Å². The van der Waals surface area contributed by atoms with Gasteiger partial charge in [0.2, 0.25) is 5.91 Å². The van der Waals surface area contributed by atoms with E-state index in [1.54, 1.807) is 72.8 Å². The SMILES string of the molecule is COc1cccc(C2/C(=C(/O)c3ccc(Br)cc3)C(=O)C(=O)N2c2ccc(NC(C)=O)cc2)c1.